The van der Waals surface area contributed by atoms with Gasteiger partial charge < -0.3 is 24.3 Å². The molecule has 1 atom stereocenters. The van der Waals surface area contributed by atoms with Crippen molar-refractivity contribution in [1.82, 2.24) is 4.90 Å². The molecule has 164 valence electrons. The van der Waals surface area contributed by atoms with Crippen LogP contribution >= 0.6 is 0 Å². The number of likely N-dealkylation sites (tertiary alicyclic amines) is 1. The lowest BCUT2D eigenvalue weighted by molar-refractivity contribution is -0.151. The molecule has 0 saturated carbocycles. The second-order valence-corrected chi connectivity index (χ2v) is 8.01. The number of esters is 1. The first kappa shape index (κ1) is 21.0. The molecule has 1 aromatic heterocycles. The third-order valence-corrected chi connectivity index (χ3v) is 5.69. The Kier molecular flexibility index (Phi) is 6.54. The topological polar surface area (TPSA) is 92.1 Å². The van der Waals surface area contributed by atoms with Crippen molar-refractivity contribution >= 4 is 29.2 Å². The van der Waals surface area contributed by atoms with Gasteiger partial charge in [-0.1, -0.05) is 0 Å². The molecule has 2 amide bonds. The van der Waals surface area contributed by atoms with Gasteiger partial charge in [0.25, 0.3) is 5.91 Å². The van der Waals surface area contributed by atoms with Crippen molar-refractivity contribution < 1.29 is 23.5 Å². The number of carbonyl (C=O) groups excluding carboxylic acids is 3. The van der Waals surface area contributed by atoms with Crippen LogP contribution in [0.2, 0.25) is 0 Å². The maximum Gasteiger partial charge on any atom is 0.311 e. The van der Waals surface area contributed by atoms with Crippen LogP contribution in [0.1, 0.15) is 31.4 Å². The molecular formula is C23H27N3O5. The Morgan fingerprint density at radius 1 is 1.10 bits per heavy atom. The van der Waals surface area contributed by atoms with Gasteiger partial charge in [-0.2, -0.15) is 0 Å². The van der Waals surface area contributed by atoms with E-state index in [0.717, 1.165) is 18.8 Å². The van der Waals surface area contributed by atoms with Gasteiger partial charge in [0.1, 0.15) is 5.76 Å². The van der Waals surface area contributed by atoms with E-state index in [4.69, 9.17) is 9.15 Å². The third kappa shape index (κ3) is 5.45. The average Bonchev–Trinajstić information content (AvgIpc) is 3.43. The summed E-state index contributed by atoms with van der Waals surface area (Å²) < 4.78 is 10.4. The highest BCUT2D eigenvalue weighted by molar-refractivity contribution is 5.93. The number of nitrogens with zero attached hydrogens (tertiary/aromatic N) is 2. The Morgan fingerprint density at radius 2 is 1.87 bits per heavy atom. The summed E-state index contributed by atoms with van der Waals surface area (Å²) >= 11 is 0. The maximum absolute atomic E-state index is 12.3. The van der Waals surface area contributed by atoms with Crippen molar-refractivity contribution in [3.63, 3.8) is 0 Å². The zero-order valence-electron chi connectivity index (χ0n) is 17.4. The number of piperidine rings is 1. The first-order chi connectivity index (χ1) is 15.1. The van der Waals surface area contributed by atoms with E-state index in [1.54, 1.807) is 23.3 Å². The van der Waals surface area contributed by atoms with E-state index >= 15 is 0 Å². The Bertz CT molecular complexity index is 904. The van der Waals surface area contributed by atoms with Gasteiger partial charge in [-0.05, 0) is 55.7 Å². The number of hydrogen-bond donors (Lipinski definition) is 1. The number of anilines is 2. The molecule has 0 radical (unpaired) electrons. The van der Waals surface area contributed by atoms with E-state index in [-0.39, 0.29) is 25.5 Å². The second kappa shape index (κ2) is 9.68. The molecule has 8 nitrogen and oxygen atoms in total. The SMILES string of the molecule is O=C(COC(=O)[C@H]1CC(=O)N(Cc2ccco2)C1)Nc1ccc(N2CCCCC2)cc1. The van der Waals surface area contributed by atoms with Crippen molar-refractivity contribution in [1.29, 1.82) is 0 Å². The summed E-state index contributed by atoms with van der Waals surface area (Å²) in [4.78, 5) is 40.5. The van der Waals surface area contributed by atoms with Gasteiger partial charge in [0.2, 0.25) is 5.91 Å². The zero-order valence-corrected chi connectivity index (χ0v) is 17.4. The van der Waals surface area contributed by atoms with E-state index in [9.17, 15) is 14.4 Å². The molecular weight excluding hydrogens is 398 g/mol. The number of amides is 2. The summed E-state index contributed by atoms with van der Waals surface area (Å²) in [5.41, 5.74) is 1.80. The van der Waals surface area contributed by atoms with Gasteiger partial charge >= 0.3 is 5.97 Å². The Labute approximate surface area is 181 Å². The molecule has 2 aliphatic heterocycles. The van der Waals surface area contributed by atoms with Crippen molar-refractivity contribution in [2.24, 2.45) is 5.92 Å². The van der Waals surface area contributed by atoms with Gasteiger partial charge in [0.05, 0.1) is 18.7 Å². The molecule has 1 N–H and O–H groups in total. The van der Waals surface area contributed by atoms with Crippen LogP contribution in [0.15, 0.2) is 47.1 Å². The molecule has 0 unspecified atom stereocenters. The lowest BCUT2D eigenvalue weighted by Gasteiger charge is -2.28. The lowest BCUT2D eigenvalue weighted by Crippen LogP contribution is -2.29. The second-order valence-electron chi connectivity index (χ2n) is 8.01. The number of benzene rings is 1. The van der Waals surface area contributed by atoms with Gasteiger partial charge in [-0.15, -0.1) is 0 Å². The van der Waals surface area contributed by atoms with Crippen molar-refractivity contribution in [3.05, 3.63) is 48.4 Å². The largest absolute Gasteiger partial charge is 0.467 e. The predicted molar refractivity (Wildman–Crippen MR) is 114 cm³/mol. The minimum atomic E-state index is -0.570. The summed E-state index contributed by atoms with van der Waals surface area (Å²) in [6.07, 6.45) is 5.31. The predicted octanol–water partition coefficient (Wildman–Crippen LogP) is 2.80. The van der Waals surface area contributed by atoms with Crippen LogP contribution < -0.4 is 10.2 Å². The molecule has 2 aliphatic rings. The summed E-state index contributed by atoms with van der Waals surface area (Å²) in [5.74, 6) is -0.981. The minimum Gasteiger partial charge on any atom is -0.467 e. The minimum absolute atomic E-state index is 0.0825. The summed E-state index contributed by atoms with van der Waals surface area (Å²) in [5, 5.41) is 2.74. The number of furan rings is 1. The summed E-state index contributed by atoms with van der Waals surface area (Å²) in [6, 6.07) is 11.2. The van der Waals surface area contributed by atoms with Gasteiger partial charge in [0, 0.05) is 37.4 Å². The molecule has 2 aromatic rings. The molecule has 0 spiro atoms. The highest BCUT2D eigenvalue weighted by Crippen LogP contribution is 2.23. The quantitative estimate of drug-likeness (QED) is 0.686. The molecule has 1 aromatic carbocycles. The van der Waals surface area contributed by atoms with E-state index in [2.05, 4.69) is 10.2 Å². The van der Waals surface area contributed by atoms with Crippen LogP contribution in [0.4, 0.5) is 11.4 Å². The van der Waals surface area contributed by atoms with Crippen molar-refractivity contribution in [2.45, 2.75) is 32.2 Å². The van der Waals surface area contributed by atoms with Gasteiger partial charge in [-0.3, -0.25) is 14.4 Å². The fourth-order valence-corrected chi connectivity index (χ4v) is 4.03. The number of nitrogens with one attached hydrogen (secondary N) is 1. The smallest absolute Gasteiger partial charge is 0.311 e. The van der Waals surface area contributed by atoms with Crippen LogP contribution in [0.3, 0.4) is 0 Å². The molecule has 8 heteroatoms. The first-order valence-corrected chi connectivity index (χ1v) is 10.7. The van der Waals surface area contributed by atoms with Crippen molar-refractivity contribution in [3.8, 4) is 0 Å². The molecule has 2 saturated heterocycles. The Hall–Kier alpha value is -3.29. The Morgan fingerprint density at radius 3 is 2.58 bits per heavy atom. The number of rotatable bonds is 7. The highest BCUT2D eigenvalue weighted by atomic mass is 16.5. The summed E-state index contributed by atoms with van der Waals surface area (Å²) in [7, 11) is 0. The zero-order chi connectivity index (χ0) is 21.6. The number of carbonyl (C=O) groups is 3. The lowest BCUT2D eigenvalue weighted by atomic mass is 10.1. The molecule has 0 aliphatic carbocycles. The van der Waals surface area contributed by atoms with Crippen LogP contribution in [0, 0.1) is 5.92 Å². The van der Waals surface area contributed by atoms with E-state index in [1.165, 1.54) is 19.3 Å². The fraction of sp³-hybridized carbons (Fsp3) is 0.435. The van der Waals surface area contributed by atoms with Gasteiger partial charge in [0.15, 0.2) is 6.61 Å². The van der Waals surface area contributed by atoms with Crippen LogP contribution in [-0.4, -0.2) is 48.9 Å². The van der Waals surface area contributed by atoms with E-state index < -0.39 is 17.8 Å². The normalized spacial score (nSPS) is 18.8. The van der Waals surface area contributed by atoms with Gasteiger partial charge in [-0.25, -0.2) is 0 Å². The fourth-order valence-electron chi connectivity index (χ4n) is 4.03. The van der Waals surface area contributed by atoms with E-state index in [0.29, 0.717) is 18.0 Å². The third-order valence-electron chi connectivity index (χ3n) is 5.69. The standard InChI is InChI=1S/C23H27N3O5/c27-21(24-18-6-8-19(9-7-18)25-10-2-1-3-11-25)16-31-23(29)17-13-22(28)26(14-17)15-20-5-4-12-30-20/h4-9,12,17H,1-3,10-11,13-16H2,(H,24,27)/t17-/m0/s1. The monoisotopic (exact) mass is 425 g/mol. The van der Waals surface area contributed by atoms with E-state index in [1.807, 2.05) is 24.3 Å². The first-order valence-electron chi connectivity index (χ1n) is 10.7. The van der Waals surface area contributed by atoms with Crippen LogP contribution in [0.25, 0.3) is 0 Å². The summed E-state index contributed by atoms with van der Waals surface area (Å²) in [6.45, 7) is 2.32. The molecule has 4 rings (SSSR count). The highest BCUT2D eigenvalue weighted by Gasteiger charge is 2.35. The maximum atomic E-state index is 12.3. The average molecular weight is 425 g/mol. The molecule has 31 heavy (non-hydrogen) atoms. The van der Waals surface area contributed by atoms with Crippen molar-refractivity contribution in [2.75, 3.05) is 36.5 Å². The molecule has 0 bridgehead atoms. The Balaban J connectivity index is 1.21. The van der Waals surface area contributed by atoms with Crippen LogP contribution in [-0.2, 0) is 25.7 Å². The number of hydrogen-bond acceptors (Lipinski definition) is 6. The number of ether oxygens (including phenoxy) is 1. The van der Waals surface area contributed by atoms with Crippen LogP contribution in [0.5, 0.6) is 0 Å². The molecule has 3 heterocycles. The molecule has 2 fully saturated rings.